The minimum atomic E-state index is -0.474. The number of rotatable bonds is 2. The molecule has 0 amide bonds. The third-order valence-corrected chi connectivity index (χ3v) is 10.5. The number of aliphatic imine (C=N–C) groups is 1. The molecule has 2 atom stereocenters. The number of hydrogen-bond acceptors (Lipinski definition) is 2. The quantitative estimate of drug-likeness (QED) is 0.455. The second-order valence-corrected chi connectivity index (χ2v) is 15.0. The highest BCUT2D eigenvalue weighted by Gasteiger charge is 2.57. The maximum Gasteiger partial charge on any atom is 0.122 e. The lowest BCUT2D eigenvalue weighted by atomic mass is 9.61. The molecule has 1 aliphatic rings. The maximum atomic E-state index is 11.4. The van der Waals surface area contributed by atoms with Crippen LogP contribution < -0.4 is 0 Å². The van der Waals surface area contributed by atoms with Crippen molar-refractivity contribution in [3.8, 4) is 5.75 Å². The Balaban J connectivity index is 2.44. The first-order chi connectivity index (χ1) is 14.6. The van der Waals surface area contributed by atoms with Gasteiger partial charge in [-0.25, -0.2) is 0 Å². The molecule has 2 aromatic carbocycles. The molecule has 3 rings (SSSR count). The first-order valence-electron chi connectivity index (χ1n) is 11.8. The first-order valence-corrected chi connectivity index (χ1v) is 13.4. The van der Waals surface area contributed by atoms with E-state index in [1.807, 2.05) is 6.92 Å². The van der Waals surface area contributed by atoms with E-state index in [1.54, 1.807) is 0 Å². The Morgan fingerprint density at radius 3 is 1.81 bits per heavy atom. The van der Waals surface area contributed by atoms with Crippen molar-refractivity contribution < 1.29 is 5.11 Å². The van der Waals surface area contributed by atoms with Crippen LogP contribution in [-0.2, 0) is 5.41 Å². The molecule has 1 heterocycles. The number of phenolic OH excluding ortho intramolecular Hbond substituents is 1. The number of hydrogen-bond donors (Lipinski definition) is 1. The first kappa shape index (κ1) is 25.0. The normalized spacial score (nSPS) is 23.2. The molecule has 0 saturated carbocycles. The molecule has 32 heavy (non-hydrogen) atoms. The third-order valence-electron chi connectivity index (χ3n) is 7.20. The van der Waals surface area contributed by atoms with Crippen molar-refractivity contribution in [3.63, 3.8) is 0 Å². The van der Waals surface area contributed by atoms with Crippen molar-refractivity contribution in [2.75, 3.05) is 6.16 Å². The van der Waals surface area contributed by atoms with Gasteiger partial charge in [-0.05, 0) is 74.5 Å². The van der Waals surface area contributed by atoms with Crippen LogP contribution in [-0.4, -0.2) is 21.9 Å². The van der Waals surface area contributed by atoms with Crippen LogP contribution in [0, 0.1) is 40.0 Å². The van der Waals surface area contributed by atoms with E-state index in [0.29, 0.717) is 5.75 Å². The lowest BCUT2D eigenvalue weighted by Crippen LogP contribution is -2.44. The number of phenols is 1. The van der Waals surface area contributed by atoms with Gasteiger partial charge in [-0.15, -0.1) is 0 Å². The highest BCUT2D eigenvalue weighted by Crippen LogP contribution is 2.68. The number of aryl methyl sites for hydroxylation is 5. The molecule has 1 aliphatic heterocycles. The molecule has 0 aliphatic carbocycles. The summed E-state index contributed by atoms with van der Waals surface area (Å²) in [6.45, 7) is 24.8. The summed E-state index contributed by atoms with van der Waals surface area (Å²) in [5.74, 6) is 0.446. The Bertz CT molecular complexity index is 1040. The van der Waals surface area contributed by atoms with E-state index < -0.39 is 7.92 Å². The summed E-state index contributed by atoms with van der Waals surface area (Å²) in [4.78, 5) is 5.58. The van der Waals surface area contributed by atoms with E-state index in [2.05, 4.69) is 93.5 Å². The lowest BCUT2D eigenvalue weighted by Gasteiger charge is -2.45. The zero-order valence-electron chi connectivity index (χ0n) is 22.1. The molecule has 0 radical (unpaired) electrons. The van der Waals surface area contributed by atoms with Gasteiger partial charge in [0.1, 0.15) is 5.75 Å². The number of aromatic hydroxyl groups is 1. The minimum absolute atomic E-state index is 0.0849. The van der Waals surface area contributed by atoms with Crippen molar-refractivity contribution in [1.29, 1.82) is 0 Å². The van der Waals surface area contributed by atoms with E-state index in [0.717, 1.165) is 29.4 Å². The monoisotopic (exact) mass is 451 g/mol. The fraction of sp³-hybridized carbons (Fsp3) is 0.552. The molecular formula is C29H42NOP. The van der Waals surface area contributed by atoms with Gasteiger partial charge >= 0.3 is 0 Å². The molecule has 3 heteroatoms. The SMILES string of the molecule is Cc1cc(C)c(N=C2P(C(C)(C)C)CCC2(c2cc(C)cc(C)c2O)C(C)(C)C)c(C)c1. The molecular weight excluding hydrogens is 409 g/mol. The Labute approximate surface area is 197 Å². The third kappa shape index (κ3) is 4.16. The molecule has 1 fully saturated rings. The van der Waals surface area contributed by atoms with Crippen LogP contribution in [0.3, 0.4) is 0 Å². The summed E-state index contributed by atoms with van der Waals surface area (Å²) in [7, 11) is -0.474. The Kier molecular flexibility index (Phi) is 6.46. The van der Waals surface area contributed by atoms with Gasteiger partial charge in [0.15, 0.2) is 0 Å². The van der Waals surface area contributed by atoms with Crippen LogP contribution in [0.2, 0.25) is 0 Å². The number of benzene rings is 2. The van der Waals surface area contributed by atoms with Gasteiger partial charge in [0.25, 0.3) is 0 Å². The van der Waals surface area contributed by atoms with Crippen molar-refractivity contribution in [3.05, 3.63) is 57.6 Å². The van der Waals surface area contributed by atoms with E-state index in [1.165, 1.54) is 27.7 Å². The van der Waals surface area contributed by atoms with Crippen LogP contribution in [0.5, 0.6) is 5.75 Å². The average Bonchev–Trinajstić information content (AvgIpc) is 3.01. The Morgan fingerprint density at radius 1 is 0.812 bits per heavy atom. The summed E-state index contributed by atoms with van der Waals surface area (Å²) in [5, 5.41) is 11.5. The average molecular weight is 452 g/mol. The summed E-state index contributed by atoms with van der Waals surface area (Å²) in [6, 6.07) is 8.79. The largest absolute Gasteiger partial charge is 0.507 e. The van der Waals surface area contributed by atoms with E-state index in [-0.39, 0.29) is 16.0 Å². The predicted octanol–water partition coefficient (Wildman–Crippen LogP) is 8.63. The highest BCUT2D eigenvalue weighted by molar-refractivity contribution is 7.77. The molecule has 174 valence electrons. The van der Waals surface area contributed by atoms with Gasteiger partial charge in [0, 0.05) is 11.0 Å². The van der Waals surface area contributed by atoms with E-state index in [4.69, 9.17) is 4.99 Å². The molecule has 2 nitrogen and oxygen atoms in total. The van der Waals surface area contributed by atoms with Gasteiger partial charge in [-0.1, -0.05) is 84.9 Å². The van der Waals surface area contributed by atoms with Crippen LogP contribution in [0.25, 0.3) is 0 Å². The summed E-state index contributed by atoms with van der Waals surface area (Å²) >= 11 is 0. The lowest BCUT2D eigenvalue weighted by molar-refractivity contribution is 0.253. The Morgan fingerprint density at radius 2 is 1.31 bits per heavy atom. The molecule has 2 unspecified atom stereocenters. The topological polar surface area (TPSA) is 32.6 Å². The predicted molar refractivity (Wildman–Crippen MR) is 143 cm³/mol. The van der Waals surface area contributed by atoms with Gasteiger partial charge in [-0.2, -0.15) is 0 Å². The van der Waals surface area contributed by atoms with Crippen molar-refractivity contribution in [2.45, 2.75) is 93.2 Å². The second-order valence-electron chi connectivity index (χ2n) is 11.9. The molecule has 2 aromatic rings. The summed E-state index contributed by atoms with van der Waals surface area (Å²) < 4.78 is 0. The van der Waals surface area contributed by atoms with E-state index >= 15 is 0 Å². The summed E-state index contributed by atoms with van der Waals surface area (Å²) in [6.07, 6.45) is 2.17. The molecule has 0 spiro atoms. The number of nitrogens with zero attached hydrogens (tertiary/aromatic N) is 1. The Hall–Kier alpha value is -1.66. The van der Waals surface area contributed by atoms with Gasteiger partial charge in [0.2, 0.25) is 0 Å². The van der Waals surface area contributed by atoms with Crippen molar-refractivity contribution in [2.24, 2.45) is 10.4 Å². The molecule has 1 saturated heterocycles. The second kappa shape index (κ2) is 8.28. The van der Waals surface area contributed by atoms with Crippen LogP contribution in [0.1, 0.15) is 81.3 Å². The van der Waals surface area contributed by atoms with Gasteiger partial charge in [0.05, 0.1) is 11.1 Å². The van der Waals surface area contributed by atoms with Crippen LogP contribution in [0.4, 0.5) is 5.69 Å². The molecule has 1 N–H and O–H groups in total. The molecule has 0 aromatic heterocycles. The maximum absolute atomic E-state index is 11.4. The zero-order chi connectivity index (χ0) is 24.2. The van der Waals surface area contributed by atoms with Crippen LogP contribution >= 0.6 is 7.92 Å². The van der Waals surface area contributed by atoms with E-state index in [9.17, 15) is 5.11 Å². The zero-order valence-corrected chi connectivity index (χ0v) is 23.0. The fourth-order valence-electron chi connectivity index (χ4n) is 5.65. The van der Waals surface area contributed by atoms with Gasteiger partial charge < -0.3 is 5.11 Å². The minimum Gasteiger partial charge on any atom is -0.507 e. The fourth-order valence-corrected chi connectivity index (χ4v) is 8.97. The standard InChI is InChI=1S/C29H42NOP/c1-18-14-20(3)24(21(4)15-18)30-26-29(27(6,7)8,12-13-32(26)28(9,10)11)23-17-19(2)16-22(5)25(23)31/h14-17,31H,12-13H2,1-11H3. The van der Waals surface area contributed by atoms with Crippen molar-refractivity contribution in [1.82, 2.24) is 0 Å². The van der Waals surface area contributed by atoms with Gasteiger partial charge in [-0.3, -0.25) is 4.99 Å². The van der Waals surface area contributed by atoms with Crippen molar-refractivity contribution >= 4 is 19.1 Å². The summed E-state index contributed by atoms with van der Waals surface area (Å²) in [5.41, 5.74) is 9.02. The molecule has 0 bridgehead atoms. The van der Waals surface area contributed by atoms with Crippen LogP contribution in [0.15, 0.2) is 29.3 Å². The smallest absolute Gasteiger partial charge is 0.122 e. The highest BCUT2D eigenvalue weighted by atomic mass is 31.1.